The van der Waals surface area contributed by atoms with Crippen LogP contribution in [-0.4, -0.2) is 52.6 Å². The Bertz CT molecular complexity index is 1010. The summed E-state index contributed by atoms with van der Waals surface area (Å²) in [5.41, 5.74) is 15.3. The highest BCUT2D eigenvalue weighted by Crippen LogP contribution is 2.27. The molecule has 0 aliphatic carbocycles. The van der Waals surface area contributed by atoms with E-state index in [4.69, 9.17) is 26.0 Å². The van der Waals surface area contributed by atoms with Crippen molar-refractivity contribution in [3.8, 4) is 5.75 Å². The second kappa shape index (κ2) is 11.7. The normalized spacial score (nSPS) is 12.2. The summed E-state index contributed by atoms with van der Waals surface area (Å²) in [7, 11) is 1.66. The number of nitrogens with two attached hydrogens (primary N) is 2. The van der Waals surface area contributed by atoms with E-state index < -0.39 is 0 Å². The van der Waals surface area contributed by atoms with Crippen LogP contribution in [0.25, 0.3) is 11.0 Å². The zero-order valence-corrected chi connectivity index (χ0v) is 18.9. The average Bonchev–Trinajstić information content (AvgIpc) is 3.19. The number of nitrogens with one attached hydrogen (secondary N) is 1. The van der Waals surface area contributed by atoms with Gasteiger partial charge in [-0.1, -0.05) is 31.9 Å². The van der Waals surface area contributed by atoms with Crippen LogP contribution in [0.3, 0.4) is 0 Å². The summed E-state index contributed by atoms with van der Waals surface area (Å²) in [5, 5.41) is 12.4. The fourth-order valence-corrected chi connectivity index (χ4v) is 3.54. The van der Waals surface area contributed by atoms with Gasteiger partial charge in [-0.3, -0.25) is 0 Å². The van der Waals surface area contributed by atoms with E-state index in [1.54, 1.807) is 7.11 Å². The lowest BCUT2D eigenvalue weighted by molar-refractivity contribution is 0.0898. The highest BCUT2D eigenvalue weighted by molar-refractivity contribution is 5.87. The Hall–Kier alpha value is -2.88. The standard InChI is InChI=1S/C23H34N6O3/c1-3-4-5-9-26-22-21-19(27-23(25)28-22)8-10-29(21)12-17-7-6-16(11-20(17)31-2)14-32-15-18(24)13-30/h6-8,10-11,18,30H,3-5,9,12-15,24H2,1-2H3,(H3,25,26,27,28). The molecule has 6 N–H and O–H groups in total. The van der Waals surface area contributed by atoms with Crippen LogP contribution in [0, 0.1) is 0 Å². The second-order valence-electron chi connectivity index (χ2n) is 7.85. The Morgan fingerprint density at radius 1 is 1.22 bits per heavy atom. The number of fused-ring (bicyclic) bond motifs is 1. The third-order valence-corrected chi connectivity index (χ3v) is 5.23. The first-order valence-electron chi connectivity index (χ1n) is 11.0. The van der Waals surface area contributed by atoms with Crippen LogP contribution >= 0.6 is 0 Å². The smallest absolute Gasteiger partial charge is 0.222 e. The van der Waals surface area contributed by atoms with Gasteiger partial charge in [-0.15, -0.1) is 0 Å². The van der Waals surface area contributed by atoms with Gasteiger partial charge in [-0.25, -0.2) is 4.98 Å². The first-order valence-corrected chi connectivity index (χ1v) is 11.0. The summed E-state index contributed by atoms with van der Waals surface area (Å²) in [6, 6.07) is 7.57. The Labute approximate surface area is 188 Å². The molecule has 0 fully saturated rings. The van der Waals surface area contributed by atoms with Crippen LogP contribution in [0.2, 0.25) is 0 Å². The van der Waals surface area contributed by atoms with Crippen LogP contribution in [0.15, 0.2) is 30.5 Å². The molecule has 1 unspecified atom stereocenters. The lowest BCUT2D eigenvalue weighted by Crippen LogP contribution is -2.29. The molecule has 3 aromatic rings. The number of nitrogen functional groups attached to an aromatic ring is 1. The molecule has 0 bridgehead atoms. The third kappa shape index (κ3) is 6.09. The van der Waals surface area contributed by atoms with Gasteiger partial charge < -0.3 is 35.9 Å². The number of benzene rings is 1. The maximum absolute atomic E-state index is 9.01. The van der Waals surface area contributed by atoms with Crippen molar-refractivity contribution < 1.29 is 14.6 Å². The number of aliphatic hydroxyl groups is 1. The second-order valence-corrected chi connectivity index (χ2v) is 7.85. The molecule has 0 aliphatic heterocycles. The van der Waals surface area contributed by atoms with E-state index in [1.807, 2.05) is 30.5 Å². The van der Waals surface area contributed by atoms with Gasteiger partial charge >= 0.3 is 0 Å². The van der Waals surface area contributed by atoms with E-state index in [1.165, 1.54) is 0 Å². The molecule has 3 rings (SSSR count). The van der Waals surface area contributed by atoms with Gasteiger partial charge in [0.25, 0.3) is 0 Å². The zero-order chi connectivity index (χ0) is 22.9. The predicted octanol–water partition coefficient (Wildman–Crippen LogP) is 2.51. The highest BCUT2D eigenvalue weighted by Gasteiger charge is 2.14. The molecule has 2 heterocycles. The summed E-state index contributed by atoms with van der Waals surface area (Å²) in [6.07, 6.45) is 5.39. The summed E-state index contributed by atoms with van der Waals surface area (Å²) in [4.78, 5) is 8.83. The SMILES string of the molecule is CCCCCNc1nc(N)nc2ccn(Cc3ccc(COCC(N)CO)cc3OC)c12. The summed E-state index contributed by atoms with van der Waals surface area (Å²) < 4.78 is 13.3. The Morgan fingerprint density at radius 3 is 2.81 bits per heavy atom. The molecule has 0 saturated heterocycles. The molecule has 32 heavy (non-hydrogen) atoms. The maximum Gasteiger partial charge on any atom is 0.222 e. The van der Waals surface area contributed by atoms with E-state index in [0.29, 0.717) is 19.8 Å². The molecule has 0 spiro atoms. The van der Waals surface area contributed by atoms with Gasteiger partial charge in [-0.05, 0) is 24.1 Å². The fourth-order valence-electron chi connectivity index (χ4n) is 3.54. The molecule has 9 nitrogen and oxygen atoms in total. The predicted molar refractivity (Wildman–Crippen MR) is 127 cm³/mol. The Morgan fingerprint density at radius 2 is 2.06 bits per heavy atom. The van der Waals surface area contributed by atoms with Crippen LogP contribution in [0.1, 0.15) is 37.3 Å². The zero-order valence-electron chi connectivity index (χ0n) is 18.9. The molecule has 0 aliphatic rings. The van der Waals surface area contributed by atoms with Gasteiger partial charge in [0, 0.05) is 18.3 Å². The number of methoxy groups -OCH3 is 1. The lowest BCUT2D eigenvalue weighted by atomic mass is 10.1. The van der Waals surface area contributed by atoms with Crippen LogP contribution < -0.4 is 21.5 Å². The minimum Gasteiger partial charge on any atom is -0.496 e. The largest absolute Gasteiger partial charge is 0.496 e. The molecule has 0 radical (unpaired) electrons. The van der Waals surface area contributed by atoms with Crippen molar-refractivity contribution in [3.63, 3.8) is 0 Å². The molecule has 0 saturated carbocycles. The summed E-state index contributed by atoms with van der Waals surface area (Å²) in [5.74, 6) is 1.78. The van der Waals surface area contributed by atoms with Crippen LogP contribution in [0.4, 0.5) is 11.8 Å². The van der Waals surface area contributed by atoms with Crippen molar-refractivity contribution in [1.29, 1.82) is 0 Å². The van der Waals surface area contributed by atoms with E-state index in [-0.39, 0.29) is 18.6 Å². The average molecular weight is 443 g/mol. The molecule has 174 valence electrons. The number of hydrogen-bond donors (Lipinski definition) is 4. The molecule has 1 atom stereocenters. The Kier molecular flexibility index (Phi) is 8.66. The number of aromatic nitrogens is 3. The Balaban J connectivity index is 1.79. The van der Waals surface area contributed by atoms with Crippen LogP contribution in [-0.2, 0) is 17.9 Å². The number of unbranched alkanes of at least 4 members (excludes halogenated alkanes) is 2. The summed E-state index contributed by atoms with van der Waals surface area (Å²) >= 11 is 0. The van der Waals surface area contributed by atoms with E-state index in [2.05, 4.69) is 26.8 Å². The molecule has 9 heteroatoms. The van der Waals surface area contributed by atoms with Crippen molar-refractivity contribution >= 4 is 22.8 Å². The fraction of sp³-hybridized carbons (Fsp3) is 0.478. The lowest BCUT2D eigenvalue weighted by Gasteiger charge is -2.15. The molecule has 2 aromatic heterocycles. The van der Waals surface area contributed by atoms with Gasteiger partial charge in [0.1, 0.15) is 11.3 Å². The topological polar surface area (TPSA) is 133 Å². The van der Waals surface area contributed by atoms with Crippen molar-refractivity contribution in [3.05, 3.63) is 41.6 Å². The van der Waals surface area contributed by atoms with Crippen molar-refractivity contribution in [1.82, 2.24) is 14.5 Å². The van der Waals surface area contributed by atoms with E-state index in [9.17, 15) is 0 Å². The number of nitrogens with zero attached hydrogens (tertiary/aromatic N) is 3. The van der Waals surface area contributed by atoms with Gasteiger partial charge in [0.05, 0.1) is 45.0 Å². The highest BCUT2D eigenvalue weighted by atomic mass is 16.5. The number of rotatable bonds is 13. The number of aliphatic hydroxyl groups excluding tert-OH is 1. The van der Waals surface area contributed by atoms with Crippen molar-refractivity contribution in [2.24, 2.45) is 5.73 Å². The van der Waals surface area contributed by atoms with Gasteiger partial charge in [0.15, 0.2) is 5.82 Å². The quantitative estimate of drug-likeness (QED) is 0.297. The minimum atomic E-state index is -0.376. The summed E-state index contributed by atoms with van der Waals surface area (Å²) in [6.45, 7) is 4.21. The van der Waals surface area contributed by atoms with Crippen molar-refractivity contribution in [2.45, 2.75) is 45.4 Å². The van der Waals surface area contributed by atoms with Crippen molar-refractivity contribution in [2.75, 3.05) is 37.9 Å². The first kappa shape index (κ1) is 23.8. The van der Waals surface area contributed by atoms with E-state index >= 15 is 0 Å². The molecule has 1 aromatic carbocycles. The number of hydrogen-bond acceptors (Lipinski definition) is 8. The number of ether oxygens (including phenoxy) is 2. The maximum atomic E-state index is 9.01. The monoisotopic (exact) mass is 442 g/mol. The molecular weight excluding hydrogens is 408 g/mol. The van der Waals surface area contributed by atoms with Crippen LogP contribution in [0.5, 0.6) is 5.75 Å². The van der Waals surface area contributed by atoms with Gasteiger partial charge in [0.2, 0.25) is 5.95 Å². The minimum absolute atomic E-state index is 0.0993. The number of anilines is 2. The van der Waals surface area contributed by atoms with Gasteiger partial charge in [-0.2, -0.15) is 4.98 Å². The molecular formula is C23H34N6O3. The third-order valence-electron chi connectivity index (χ3n) is 5.23. The first-order chi connectivity index (χ1) is 15.5. The molecule has 0 amide bonds. The van der Waals surface area contributed by atoms with E-state index in [0.717, 1.165) is 59.5 Å².